The summed E-state index contributed by atoms with van der Waals surface area (Å²) in [6.07, 6.45) is 0. The van der Waals surface area contributed by atoms with E-state index in [1.807, 2.05) is 0 Å². The molecule has 1 aromatic rings. The monoisotopic (exact) mass is 262 g/mol. The molecule has 0 unspecified atom stereocenters. The summed E-state index contributed by atoms with van der Waals surface area (Å²) < 4.78 is 68.5. The molecule has 92 valence electrons. The Hall–Kier alpha value is -1.29. The Morgan fingerprint density at radius 1 is 1.31 bits per heavy atom. The van der Waals surface area contributed by atoms with Crippen LogP contribution in [0.2, 0.25) is 0 Å². The van der Waals surface area contributed by atoms with Crippen LogP contribution in [-0.2, 0) is 20.9 Å². The van der Waals surface area contributed by atoms with Crippen molar-refractivity contribution >= 4 is 10.1 Å². The maximum absolute atomic E-state index is 11.8. The van der Waals surface area contributed by atoms with Gasteiger partial charge in [0.05, 0.1) is 0 Å². The molecule has 0 saturated carbocycles. The van der Waals surface area contributed by atoms with Gasteiger partial charge in [0.1, 0.15) is 12.4 Å². The maximum atomic E-state index is 11.8. The molecular formula is C6H5F3O6S. The molecule has 1 rings (SSSR count). The van der Waals surface area contributed by atoms with E-state index in [1.165, 1.54) is 6.92 Å². The Morgan fingerprint density at radius 3 is 2.25 bits per heavy atom. The van der Waals surface area contributed by atoms with E-state index < -0.39 is 33.8 Å². The highest BCUT2D eigenvalue weighted by atomic mass is 32.2. The van der Waals surface area contributed by atoms with Crippen molar-refractivity contribution in [1.29, 1.82) is 0 Å². The van der Waals surface area contributed by atoms with Gasteiger partial charge in [-0.25, -0.2) is 4.79 Å². The summed E-state index contributed by atoms with van der Waals surface area (Å²) in [6.45, 7) is 0.156. The number of hydrogen-bond donors (Lipinski definition) is 0. The molecule has 0 fully saturated rings. The molecule has 0 radical (unpaired) electrons. The van der Waals surface area contributed by atoms with Crippen molar-refractivity contribution in [2.45, 2.75) is 19.0 Å². The maximum Gasteiger partial charge on any atom is 0.523 e. The predicted octanol–water partition coefficient (Wildman–Crippen LogP) is 0.907. The van der Waals surface area contributed by atoms with Crippen molar-refractivity contribution in [1.82, 2.24) is 0 Å². The lowest BCUT2D eigenvalue weighted by atomic mass is 10.4. The molecule has 1 heterocycles. The molecule has 0 atom stereocenters. The van der Waals surface area contributed by atoms with Crippen molar-refractivity contribution in [3.63, 3.8) is 0 Å². The molecular weight excluding hydrogens is 257 g/mol. The molecule has 0 spiro atoms. The van der Waals surface area contributed by atoms with E-state index in [0.29, 0.717) is 0 Å². The predicted molar refractivity (Wildman–Crippen MR) is 41.7 cm³/mol. The Kier molecular flexibility index (Phi) is 3.15. The van der Waals surface area contributed by atoms with Crippen LogP contribution >= 0.6 is 0 Å². The molecule has 0 aliphatic rings. The van der Waals surface area contributed by atoms with Crippen LogP contribution in [-0.4, -0.2) is 13.9 Å². The minimum Gasteiger partial charge on any atom is -0.396 e. The second-order valence-corrected chi connectivity index (χ2v) is 4.20. The van der Waals surface area contributed by atoms with E-state index in [-0.39, 0.29) is 5.76 Å². The van der Waals surface area contributed by atoms with Gasteiger partial charge in [-0.2, -0.15) is 21.6 Å². The summed E-state index contributed by atoms with van der Waals surface area (Å²) in [5.41, 5.74) is -5.52. The molecule has 0 aliphatic heterocycles. The molecule has 10 heteroatoms. The number of halogens is 3. The van der Waals surface area contributed by atoms with Gasteiger partial charge < -0.3 is 8.83 Å². The van der Waals surface area contributed by atoms with E-state index in [4.69, 9.17) is 0 Å². The minimum absolute atomic E-state index is 0.151. The highest BCUT2D eigenvalue weighted by Crippen LogP contribution is 2.25. The molecule has 0 aliphatic carbocycles. The lowest BCUT2D eigenvalue weighted by molar-refractivity contribution is -0.0551. The molecule has 0 saturated heterocycles. The number of aryl methyl sites for hydroxylation is 1. The third kappa shape index (κ3) is 2.64. The van der Waals surface area contributed by atoms with Crippen molar-refractivity contribution in [3.8, 4) is 0 Å². The zero-order chi connectivity index (χ0) is 12.6. The topological polar surface area (TPSA) is 86.7 Å². The Labute approximate surface area is 86.7 Å². The van der Waals surface area contributed by atoms with E-state index in [2.05, 4.69) is 13.0 Å². The first-order valence-electron chi connectivity index (χ1n) is 3.68. The minimum atomic E-state index is -5.71. The van der Waals surface area contributed by atoms with Gasteiger partial charge in [0.15, 0.2) is 5.76 Å². The molecule has 1 aromatic heterocycles. The fourth-order valence-corrected chi connectivity index (χ4v) is 1.10. The van der Waals surface area contributed by atoms with Gasteiger partial charge in [0.2, 0.25) is 0 Å². The molecule has 6 nitrogen and oxygen atoms in total. The van der Waals surface area contributed by atoms with E-state index >= 15 is 0 Å². The molecule has 0 N–H and O–H groups in total. The van der Waals surface area contributed by atoms with Crippen LogP contribution in [0.15, 0.2) is 13.6 Å². The quantitative estimate of drug-likeness (QED) is 0.594. The first-order chi connectivity index (χ1) is 7.13. The summed E-state index contributed by atoms with van der Waals surface area (Å²) in [5.74, 6) is -1.72. The Morgan fingerprint density at radius 2 is 1.88 bits per heavy atom. The first-order valence-corrected chi connectivity index (χ1v) is 5.09. The van der Waals surface area contributed by atoms with Gasteiger partial charge in [0, 0.05) is 0 Å². The standard InChI is InChI=1S/C6H5F3O6S/c1-3-4(15-5(10)14-3)2-13-16(11,12)6(7,8)9/h2H2,1H3. The largest absolute Gasteiger partial charge is 0.523 e. The third-order valence-corrected chi connectivity index (χ3v) is 2.46. The molecule has 16 heavy (non-hydrogen) atoms. The van der Waals surface area contributed by atoms with Crippen LogP contribution in [0.3, 0.4) is 0 Å². The highest BCUT2D eigenvalue weighted by Gasteiger charge is 2.47. The average Bonchev–Trinajstić information content (AvgIpc) is 2.39. The first kappa shape index (κ1) is 12.8. The van der Waals surface area contributed by atoms with Gasteiger partial charge in [-0.3, -0.25) is 4.18 Å². The second-order valence-electron chi connectivity index (χ2n) is 2.60. The van der Waals surface area contributed by atoms with Gasteiger partial charge in [-0.15, -0.1) is 0 Å². The van der Waals surface area contributed by atoms with Gasteiger partial charge in [-0.1, -0.05) is 0 Å². The fraction of sp³-hybridized carbons (Fsp3) is 0.500. The van der Waals surface area contributed by atoms with Crippen LogP contribution in [0, 0.1) is 6.92 Å². The highest BCUT2D eigenvalue weighted by molar-refractivity contribution is 7.87. The third-order valence-electron chi connectivity index (χ3n) is 1.46. The van der Waals surface area contributed by atoms with E-state index in [1.54, 1.807) is 0 Å². The van der Waals surface area contributed by atoms with Crippen LogP contribution in [0.25, 0.3) is 0 Å². The summed E-state index contributed by atoms with van der Waals surface area (Å²) >= 11 is 0. The average molecular weight is 262 g/mol. The summed E-state index contributed by atoms with van der Waals surface area (Å²) in [4.78, 5) is 10.5. The van der Waals surface area contributed by atoms with Crippen molar-refractivity contribution in [2.24, 2.45) is 0 Å². The lowest BCUT2D eigenvalue weighted by Crippen LogP contribution is -2.25. The molecule has 0 aromatic carbocycles. The summed E-state index contributed by atoms with van der Waals surface area (Å²) in [6, 6.07) is 0. The van der Waals surface area contributed by atoms with Crippen molar-refractivity contribution in [3.05, 3.63) is 22.1 Å². The zero-order valence-electron chi connectivity index (χ0n) is 7.70. The van der Waals surface area contributed by atoms with E-state index in [0.717, 1.165) is 0 Å². The normalized spacial score (nSPS) is 13.0. The van der Waals surface area contributed by atoms with Crippen LogP contribution in [0.5, 0.6) is 0 Å². The lowest BCUT2D eigenvalue weighted by Gasteiger charge is -2.06. The van der Waals surface area contributed by atoms with Crippen molar-refractivity contribution in [2.75, 3.05) is 0 Å². The molecule has 0 bridgehead atoms. The Bertz CT molecular complexity index is 521. The number of hydrogen-bond acceptors (Lipinski definition) is 6. The van der Waals surface area contributed by atoms with Gasteiger partial charge in [-0.05, 0) is 6.92 Å². The van der Waals surface area contributed by atoms with Crippen LogP contribution in [0.1, 0.15) is 11.5 Å². The number of alkyl halides is 3. The summed E-state index contributed by atoms with van der Waals surface area (Å²) in [5, 5.41) is 0. The number of rotatable bonds is 3. The fourth-order valence-electron chi connectivity index (χ4n) is 0.704. The van der Waals surface area contributed by atoms with Gasteiger partial charge >= 0.3 is 21.4 Å². The SMILES string of the molecule is Cc1oc(=O)oc1COS(=O)(=O)C(F)(F)F. The smallest absolute Gasteiger partial charge is 0.396 e. The van der Waals surface area contributed by atoms with E-state index in [9.17, 15) is 26.4 Å². The Balaban J connectivity index is 2.80. The second kappa shape index (κ2) is 3.94. The van der Waals surface area contributed by atoms with Crippen LogP contribution in [0.4, 0.5) is 13.2 Å². The zero-order valence-corrected chi connectivity index (χ0v) is 8.52. The summed E-state index contributed by atoms with van der Waals surface area (Å²) in [7, 11) is -5.71. The van der Waals surface area contributed by atoms with Crippen LogP contribution < -0.4 is 5.82 Å². The van der Waals surface area contributed by atoms with Crippen molar-refractivity contribution < 1.29 is 34.6 Å². The van der Waals surface area contributed by atoms with Gasteiger partial charge in [0.25, 0.3) is 0 Å². The molecule has 0 amide bonds.